The van der Waals surface area contributed by atoms with Crippen LogP contribution in [0.25, 0.3) is 6.08 Å². The maximum Gasteiger partial charge on any atom is 0.341 e. The fourth-order valence-electron chi connectivity index (χ4n) is 5.66. The van der Waals surface area contributed by atoms with Crippen LogP contribution in [0.3, 0.4) is 0 Å². The molecule has 9 nitrogen and oxygen atoms in total. The first kappa shape index (κ1) is 36.4. The van der Waals surface area contributed by atoms with Crippen LogP contribution in [0.5, 0.6) is 5.75 Å². The van der Waals surface area contributed by atoms with Crippen molar-refractivity contribution < 1.29 is 28.7 Å². The molecule has 1 unspecified atom stereocenters. The van der Waals surface area contributed by atoms with Crippen molar-refractivity contribution in [1.82, 2.24) is 5.32 Å². The van der Waals surface area contributed by atoms with Crippen LogP contribution in [0.15, 0.2) is 89.5 Å². The molecule has 260 valence electrons. The van der Waals surface area contributed by atoms with Crippen molar-refractivity contribution in [2.24, 2.45) is 0 Å². The number of para-hydroxylation sites is 1. The van der Waals surface area contributed by atoms with Crippen molar-refractivity contribution in [1.29, 1.82) is 0 Å². The van der Waals surface area contributed by atoms with Crippen LogP contribution < -0.4 is 20.7 Å². The molecule has 1 aliphatic rings. The van der Waals surface area contributed by atoms with Gasteiger partial charge in [0.25, 0.3) is 11.8 Å². The number of thiophene rings is 1. The van der Waals surface area contributed by atoms with Crippen LogP contribution in [0.2, 0.25) is 0 Å². The molecule has 3 aromatic carbocycles. The molecule has 1 aromatic heterocycles. The third kappa shape index (κ3) is 9.22. The van der Waals surface area contributed by atoms with E-state index in [0.29, 0.717) is 39.5 Å². The molecule has 0 saturated carbocycles. The SMILES string of the molecule is CCOC(=O)c1c(NC(=O)C(CC)Sc2cccc(NC(=O)/C(=C\c3ccccc3OC)NC(=O)c3ccccc3)c2)sc2c1CCCCC2. The summed E-state index contributed by atoms with van der Waals surface area (Å²) in [4.78, 5) is 55.4. The second-order valence-electron chi connectivity index (χ2n) is 11.6. The smallest absolute Gasteiger partial charge is 0.341 e. The number of hydrogen-bond acceptors (Lipinski definition) is 8. The number of amides is 3. The summed E-state index contributed by atoms with van der Waals surface area (Å²) < 4.78 is 10.9. The standard InChI is InChI=1S/C39H41N3O6S2/c1-4-32(37(45)42-38-34(39(46)48-5-2)29-20-10-7-11-22-33(29)50-38)49-28-19-14-18-27(24-28)40-36(44)30(23-26-17-12-13-21-31(26)47-3)41-35(43)25-15-8-6-9-16-25/h6,8-9,12-19,21,23-24,32H,4-5,7,10-11,20,22H2,1-3H3,(H,40,44)(H,41,43)(H,42,45)/b30-23+. The van der Waals surface area contributed by atoms with Crippen LogP contribution in [-0.2, 0) is 27.2 Å². The average Bonchev–Trinajstić information content (AvgIpc) is 3.30. The molecular formula is C39H41N3O6S2. The van der Waals surface area contributed by atoms with E-state index < -0.39 is 23.0 Å². The van der Waals surface area contributed by atoms with Gasteiger partial charge in [0, 0.05) is 26.6 Å². The van der Waals surface area contributed by atoms with Crippen molar-refractivity contribution in [2.75, 3.05) is 24.4 Å². The van der Waals surface area contributed by atoms with Gasteiger partial charge in [0.1, 0.15) is 16.4 Å². The van der Waals surface area contributed by atoms with Crippen molar-refractivity contribution in [3.05, 3.63) is 112 Å². The Morgan fingerprint density at radius 3 is 2.42 bits per heavy atom. The van der Waals surface area contributed by atoms with E-state index in [2.05, 4.69) is 16.0 Å². The van der Waals surface area contributed by atoms with Gasteiger partial charge < -0.3 is 25.4 Å². The van der Waals surface area contributed by atoms with Crippen LogP contribution in [0.1, 0.15) is 76.3 Å². The monoisotopic (exact) mass is 711 g/mol. The summed E-state index contributed by atoms with van der Waals surface area (Å²) >= 11 is 2.84. The lowest BCUT2D eigenvalue weighted by atomic mass is 10.1. The van der Waals surface area contributed by atoms with Gasteiger partial charge in [-0.2, -0.15) is 0 Å². The van der Waals surface area contributed by atoms with Crippen LogP contribution >= 0.6 is 23.1 Å². The molecule has 1 heterocycles. The summed E-state index contributed by atoms with van der Waals surface area (Å²) in [6.07, 6.45) is 6.96. The third-order valence-electron chi connectivity index (χ3n) is 8.14. The number of fused-ring (bicyclic) bond motifs is 1. The van der Waals surface area contributed by atoms with Gasteiger partial charge in [-0.15, -0.1) is 23.1 Å². The highest BCUT2D eigenvalue weighted by atomic mass is 32.2. The molecule has 0 aliphatic heterocycles. The number of ether oxygens (including phenoxy) is 2. The number of hydrogen-bond donors (Lipinski definition) is 3. The number of benzene rings is 3. The Kier molecular flexibility index (Phi) is 12.9. The van der Waals surface area contributed by atoms with Crippen molar-refractivity contribution >= 4 is 63.6 Å². The van der Waals surface area contributed by atoms with Gasteiger partial charge in [0.2, 0.25) is 5.91 Å². The molecule has 0 spiro atoms. The lowest BCUT2D eigenvalue weighted by Crippen LogP contribution is -2.30. The number of anilines is 2. The van der Waals surface area contributed by atoms with Crippen molar-refractivity contribution in [2.45, 2.75) is 62.5 Å². The molecule has 1 aliphatic carbocycles. The first-order valence-corrected chi connectivity index (χ1v) is 18.4. The molecule has 11 heteroatoms. The normalized spacial score (nSPS) is 13.3. The van der Waals surface area contributed by atoms with E-state index in [1.165, 1.54) is 30.2 Å². The Bertz CT molecular complexity index is 1870. The van der Waals surface area contributed by atoms with E-state index in [1.807, 2.05) is 31.2 Å². The number of nitrogens with one attached hydrogen (secondary N) is 3. The molecule has 4 aromatic rings. The van der Waals surface area contributed by atoms with Gasteiger partial charge >= 0.3 is 5.97 Å². The molecule has 0 radical (unpaired) electrons. The van der Waals surface area contributed by atoms with Crippen LogP contribution in [0.4, 0.5) is 10.7 Å². The Balaban J connectivity index is 1.33. The molecular weight excluding hydrogens is 671 g/mol. The number of carbonyl (C=O) groups is 4. The number of carbonyl (C=O) groups excluding carboxylic acids is 4. The minimum Gasteiger partial charge on any atom is -0.496 e. The second-order valence-corrected chi connectivity index (χ2v) is 14.0. The topological polar surface area (TPSA) is 123 Å². The summed E-state index contributed by atoms with van der Waals surface area (Å²) in [5.41, 5.74) is 3.03. The molecule has 0 saturated heterocycles. The zero-order valence-corrected chi connectivity index (χ0v) is 30.0. The predicted molar refractivity (Wildman–Crippen MR) is 200 cm³/mol. The number of thioether (sulfide) groups is 1. The molecule has 5 rings (SSSR count). The highest BCUT2D eigenvalue weighted by Gasteiger charge is 2.28. The van der Waals surface area contributed by atoms with Gasteiger partial charge in [0.15, 0.2) is 0 Å². The molecule has 1 atom stereocenters. The number of aryl methyl sites for hydroxylation is 1. The number of esters is 1. The van der Waals surface area contributed by atoms with E-state index in [4.69, 9.17) is 9.47 Å². The third-order valence-corrected chi connectivity index (χ3v) is 10.7. The van der Waals surface area contributed by atoms with E-state index in [1.54, 1.807) is 67.6 Å². The first-order valence-electron chi connectivity index (χ1n) is 16.7. The summed E-state index contributed by atoms with van der Waals surface area (Å²) in [6.45, 7) is 3.97. The highest BCUT2D eigenvalue weighted by Crippen LogP contribution is 2.39. The first-order chi connectivity index (χ1) is 24.3. The zero-order chi connectivity index (χ0) is 35.5. The summed E-state index contributed by atoms with van der Waals surface area (Å²) in [5.74, 6) is -1.03. The average molecular weight is 712 g/mol. The van der Waals surface area contributed by atoms with Crippen molar-refractivity contribution in [3.63, 3.8) is 0 Å². The van der Waals surface area contributed by atoms with Gasteiger partial charge in [-0.3, -0.25) is 14.4 Å². The fraction of sp³-hybridized carbons (Fsp3) is 0.282. The fourth-order valence-corrected chi connectivity index (χ4v) is 7.95. The Labute approximate surface area is 300 Å². The van der Waals surface area contributed by atoms with Crippen molar-refractivity contribution in [3.8, 4) is 5.75 Å². The Morgan fingerprint density at radius 2 is 1.66 bits per heavy atom. The Hall–Kier alpha value is -4.87. The maximum atomic E-state index is 13.7. The minimum atomic E-state index is -0.531. The summed E-state index contributed by atoms with van der Waals surface area (Å²) in [5, 5.41) is 8.78. The molecule has 3 N–H and O–H groups in total. The summed E-state index contributed by atoms with van der Waals surface area (Å²) in [7, 11) is 1.54. The van der Waals surface area contributed by atoms with E-state index in [-0.39, 0.29) is 18.2 Å². The zero-order valence-electron chi connectivity index (χ0n) is 28.4. The van der Waals surface area contributed by atoms with Gasteiger partial charge in [-0.25, -0.2) is 4.79 Å². The predicted octanol–water partition coefficient (Wildman–Crippen LogP) is 8.12. The quantitative estimate of drug-likeness (QED) is 0.0554. The van der Waals surface area contributed by atoms with Crippen LogP contribution in [-0.4, -0.2) is 42.7 Å². The summed E-state index contributed by atoms with van der Waals surface area (Å²) in [6, 6.07) is 23.0. The second kappa shape index (κ2) is 17.7. The van der Waals surface area contributed by atoms with E-state index >= 15 is 0 Å². The van der Waals surface area contributed by atoms with Gasteiger partial charge in [-0.05, 0) is 87.1 Å². The molecule has 0 fully saturated rings. The molecule has 0 bridgehead atoms. The van der Waals surface area contributed by atoms with E-state index in [0.717, 1.165) is 47.4 Å². The highest BCUT2D eigenvalue weighted by molar-refractivity contribution is 8.00. The largest absolute Gasteiger partial charge is 0.496 e. The van der Waals surface area contributed by atoms with Gasteiger partial charge in [-0.1, -0.05) is 55.8 Å². The van der Waals surface area contributed by atoms with Gasteiger partial charge in [0.05, 0.1) is 24.5 Å². The van der Waals surface area contributed by atoms with Crippen LogP contribution in [0, 0.1) is 0 Å². The minimum absolute atomic E-state index is 0.0268. The lowest BCUT2D eigenvalue weighted by molar-refractivity contribution is -0.116. The Morgan fingerprint density at radius 1 is 0.900 bits per heavy atom. The van der Waals surface area contributed by atoms with E-state index in [9.17, 15) is 19.2 Å². The maximum absolute atomic E-state index is 13.7. The lowest BCUT2D eigenvalue weighted by Gasteiger charge is -2.16. The number of methoxy groups -OCH3 is 1. The molecule has 3 amide bonds. The number of rotatable bonds is 13. The molecule has 50 heavy (non-hydrogen) atoms.